The maximum absolute atomic E-state index is 15.0. The van der Waals surface area contributed by atoms with E-state index in [0.29, 0.717) is 12.1 Å². The molecule has 5 nitrogen and oxygen atoms in total. The van der Waals surface area contributed by atoms with Crippen molar-refractivity contribution >= 4 is 16.7 Å². The molecule has 50 heavy (non-hydrogen) atoms. The van der Waals surface area contributed by atoms with Crippen LogP contribution in [-0.4, -0.2) is 0 Å². The maximum atomic E-state index is 15.0. The molecule has 0 N–H and O–H groups in total. The Labute approximate surface area is 265 Å². The van der Waals surface area contributed by atoms with Gasteiger partial charge in [-0.15, -0.1) is 0 Å². The lowest BCUT2D eigenvalue weighted by Gasteiger charge is -2.13. The Hall–Kier alpha value is -6.72. The highest BCUT2D eigenvalue weighted by molar-refractivity contribution is 6.12. The first-order chi connectivity index (χ1) is 23.3. The molecule has 1 saturated carbocycles. The van der Waals surface area contributed by atoms with Gasteiger partial charge in [0.1, 0.15) is 47.0 Å². The van der Waals surface area contributed by atoms with Gasteiger partial charge in [0, 0.05) is 16.7 Å². The quantitative estimate of drug-likeness (QED) is 0.153. The van der Waals surface area contributed by atoms with Gasteiger partial charge in [0.05, 0.1) is 33.4 Å². The summed E-state index contributed by atoms with van der Waals surface area (Å²) in [6, 6.07) is 3.92. The van der Waals surface area contributed by atoms with Crippen molar-refractivity contribution in [1.29, 1.82) is 26.3 Å². The van der Waals surface area contributed by atoms with Crippen molar-refractivity contribution in [1.82, 2.24) is 0 Å². The van der Waals surface area contributed by atoms with E-state index < -0.39 is 143 Å². The molecule has 0 saturated heterocycles. The Morgan fingerprint density at radius 1 is 0.360 bits per heavy atom. The van der Waals surface area contributed by atoms with Gasteiger partial charge in [-0.1, -0.05) is 0 Å². The lowest BCUT2D eigenvalue weighted by Crippen LogP contribution is -2.17. The SMILES string of the molecule is N#CC(=C1C(=C(C#N)c2c(F)c(F)c(C#N)c(F)c2F)C1=C(C#N)c1c(F)c(F)c(C(F)(F)F)c(F)c1F)c1c(F)c(F)c(C#N)c(F)c1F. The first kappa shape index (κ1) is 36.1. The molecule has 1 aliphatic carbocycles. The van der Waals surface area contributed by atoms with E-state index >= 15 is 26.3 Å². The predicted molar refractivity (Wildman–Crippen MR) is 131 cm³/mol. The smallest absolute Gasteiger partial charge is 0.203 e. The van der Waals surface area contributed by atoms with Crippen molar-refractivity contribution in [2.24, 2.45) is 0 Å². The highest BCUT2D eigenvalue weighted by Gasteiger charge is 2.48. The van der Waals surface area contributed by atoms with E-state index in [4.69, 9.17) is 10.5 Å². The van der Waals surface area contributed by atoms with Crippen molar-refractivity contribution in [3.8, 4) is 30.3 Å². The molecule has 0 heterocycles. The molecule has 0 aromatic heterocycles. The summed E-state index contributed by atoms with van der Waals surface area (Å²) in [5.41, 5.74) is -24.5. The van der Waals surface area contributed by atoms with Crippen LogP contribution < -0.4 is 0 Å². The molecule has 0 radical (unpaired) electrons. The molecule has 0 spiro atoms. The van der Waals surface area contributed by atoms with Crippen LogP contribution in [-0.2, 0) is 6.18 Å². The van der Waals surface area contributed by atoms with Gasteiger partial charge in [0.15, 0.2) is 69.8 Å². The Bertz CT molecular complexity index is 2230. The van der Waals surface area contributed by atoms with Gasteiger partial charge in [-0.3, -0.25) is 0 Å². The molecule has 3 aromatic carbocycles. The molecular formula is C30F15N5. The van der Waals surface area contributed by atoms with Gasteiger partial charge >= 0.3 is 6.18 Å². The Kier molecular flexibility index (Phi) is 8.95. The first-order valence-corrected chi connectivity index (χ1v) is 12.2. The van der Waals surface area contributed by atoms with Gasteiger partial charge in [-0.2, -0.15) is 39.5 Å². The van der Waals surface area contributed by atoms with Crippen molar-refractivity contribution in [3.05, 3.63) is 120 Å². The molecule has 0 atom stereocenters. The van der Waals surface area contributed by atoms with Crippen LogP contribution in [0.2, 0.25) is 0 Å². The van der Waals surface area contributed by atoms with E-state index in [1.165, 1.54) is 0 Å². The molecule has 1 aliphatic rings. The Morgan fingerprint density at radius 2 is 0.580 bits per heavy atom. The topological polar surface area (TPSA) is 119 Å². The fraction of sp³-hybridized carbons (Fsp3) is 0.0333. The lowest BCUT2D eigenvalue weighted by molar-refractivity contribution is -0.143. The molecule has 0 bridgehead atoms. The minimum atomic E-state index is -6.15. The van der Waals surface area contributed by atoms with Crippen molar-refractivity contribution in [2.75, 3.05) is 0 Å². The third-order valence-electron chi connectivity index (χ3n) is 6.82. The van der Waals surface area contributed by atoms with Crippen molar-refractivity contribution in [2.45, 2.75) is 6.18 Å². The summed E-state index contributed by atoms with van der Waals surface area (Å²) >= 11 is 0. The number of nitrogens with zero attached hydrogens (tertiary/aromatic N) is 5. The summed E-state index contributed by atoms with van der Waals surface area (Å²) in [6.07, 6.45) is -6.15. The molecule has 4 rings (SSSR count). The summed E-state index contributed by atoms with van der Waals surface area (Å²) in [5.74, 6) is -33.1. The maximum Gasteiger partial charge on any atom is 0.422 e. The monoisotopic (exact) mass is 715 g/mol. The van der Waals surface area contributed by atoms with Crippen molar-refractivity contribution in [3.63, 3.8) is 0 Å². The van der Waals surface area contributed by atoms with E-state index in [-0.39, 0.29) is 0 Å². The van der Waals surface area contributed by atoms with E-state index in [1.807, 2.05) is 0 Å². The van der Waals surface area contributed by atoms with Crippen LogP contribution in [0.15, 0.2) is 16.7 Å². The van der Waals surface area contributed by atoms with Crippen molar-refractivity contribution < 1.29 is 65.9 Å². The van der Waals surface area contributed by atoms with Crippen LogP contribution in [0.5, 0.6) is 0 Å². The molecular weight excluding hydrogens is 715 g/mol. The average molecular weight is 715 g/mol. The van der Waals surface area contributed by atoms with Crippen LogP contribution in [0.3, 0.4) is 0 Å². The van der Waals surface area contributed by atoms with Crippen LogP contribution in [0.25, 0.3) is 16.7 Å². The van der Waals surface area contributed by atoms with E-state index in [1.54, 1.807) is 0 Å². The lowest BCUT2D eigenvalue weighted by atomic mass is 9.98. The van der Waals surface area contributed by atoms with E-state index in [0.717, 1.165) is 18.2 Å². The first-order valence-electron chi connectivity index (χ1n) is 12.2. The zero-order valence-corrected chi connectivity index (χ0v) is 22.9. The number of nitriles is 5. The minimum Gasteiger partial charge on any atom is -0.203 e. The van der Waals surface area contributed by atoms with Gasteiger partial charge in [-0.25, -0.2) is 52.7 Å². The summed E-state index contributed by atoms with van der Waals surface area (Å²) in [6.45, 7) is 0. The number of rotatable bonds is 3. The van der Waals surface area contributed by atoms with E-state index in [2.05, 4.69) is 0 Å². The number of alkyl halides is 3. The van der Waals surface area contributed by atoms with Crippen LogP contribution in [0.4, 0.5) is 65.9 Å². The normalized spacial score (nSPS) is 14.2. The van der Waals surface area contributed by atoms with Gasteiger partial charge in [0.25, 0.3) is 0 Å². The Morgan fingerprint density at radius 3 is 0.760 bits per heavy atom. The summed E-state index contributed by atoms with van der Waals surface area (Å²) < 4.78 is 217. The second-order valence-corrected chi connectivity index (χ2v) is 9.32. The number of hydrogen-bond donors (Lipinski definition) is 0. The minimum absolute atomic E-state index is 0.715. The number of hydrogen-bond acceptors (Lipinski definition) is 5. The third-order valence-corrected chi connectivity index (χ3v) is 6.82. The summed E-state index contributed by atoms with van der Waals surface area (Å²) in [7, 11) is 0. The second-order valence-electron chi connectivity index (χ2n) is 9.32. The predicted octanol–water partition coefficient (Wildman–Crippen LogP) is 8.36. The molecule has 0 amide bonds. The largest absolute Gasteiger partial charge is 0.422 e. The fourth-order valence-electron chi connectivity index (χ4n) is 4.65. The molecule has 20 heteroatoms. The average Bonchev–Trinajstić information content (AvgIpc) is 3.77. The van der Waals surface area contributed by atoms with Gasteiger partial charge < -0.3 is 0 Å². The summed E-state index contributed by atoms with van der Waals surface area (Å²) in [4.78, 5) is 0. The molecule has 0 aliphatic heterocycles. The van der Waals surface area contributed by atoms with E-state index in [9.17, 15) is 55.3 Å². The third kappa shape index (κ3) is 5.04. The van der Waals surface area contributed by atoms with Crippen LogP contribution >= 0.6 is 0 Å². The molecule has 250 valence electrons. The van der Waals surface area contributed by atoms with Gasteiger partial charge in [-0.05, 0) is 0 Å². The summed E-state index contributed by atoms with van der Waals surface area (Å²) in [5, 5.41) is 46.9. The Balaban J connectivity index is 2.38. The number of allylic oxidation sites excluding steroid dienone is 6. The fourth-order valence-corrected chi connectivity index (χ4v) is 4.65. The number of halogens is 15. The number of benzene rings is 3. The molecule has 1 fully saturated rings. The zero-order valence-electron chi connectivity index (χ0n) is 22.9. The highest BCUT2D eigenvalue weighted by atomic mass is 19.4. The highest BCUT2D eigenvalue weighted by Crippen LogP contribution is 2.57. The van der Waals surface area contributed by atoms with Gasteiger partial charge in [0.2, 0.25) is 0 Å². The van der Waals surface area contributed by atoms with Crippen LogP contribution in [0, 0.1) is 126 Å². The second kappa shape index (κ2) is 12.4. The zero-order chi connectivity index (χ0) is 37.9. The molecule has 0 unspecified atom stereocenters. The standard InChI is InChI=1S/C30F15N5/c31-18-9(4-49)19(32)23(36)14(22(18)35)6(1-46)11-12(7(2-47)15-24(37)20(33)10(5-50)21(34)25(15)38)13(11)8(3-48)16-26(39)28(41)17(30(43,44)45)29(42)27(16)40. The van der Waals surface area contributed by atoms with Crippen LogP contribution in [0.1, 0.15) is 33.4 Å². The molecule has 3 aromatic rings.